The van der Waals surface area contributed by atoms with Crippen LogP contribution in [0.2, 0.25) is 0 Å². The van der Waals surface area contributed by atoms with E-state index in [0.29, 0.717) is 11.4 Å². The van der Waals surface area contributed by atoms with E-state index >= 15 is 0 Å². The number of hydrogen-bond donors (Lipinski definition) is 0. The van der Waals surface area contributed by atoms with Crippen LogP contribution in [0.25, 0.3) is 5.69 Å². The number of benzene rings is 2. The average molecular weight is 315 g/mol. The van der Waals surface area contributed by atoms with Gasteiger partial charge in [-0.15, -0.1) is 5.10 Å². The summed E-state index contributed by atoms with van der Waals surface area (Å²) in [5, 5.41) is 21.4. The molecule has 0 saturated heterocycles. The zero-order chi connectivity index (χ0) is 16.5. The third-order valence-electron chi connectivity index (χ3n) is 4.38. The molecule has 2 atom stereocenters. The van der Waals surface area contributed by atoms with Gasteiger partial charge in [-0.2, -0.15) is 9.94 Å². The molecule has 24 heavy (non-hydrogen) atoms. The molecule has 0 spiro atoms. The Labute approximate surface area is 138 Å². The maximum absolute atomic E-state index is 12.7. The smallest absolute Gasteiger partial charge is 0.174 e. The molecule has 1 aliphatic rings. The lowest BCUT2D eigenvalue weighted by molar-refractivity contribution is 0.0970. The van der Waals surface area contributed by atoms with Gasteiger partial charge in [0.1, 0.15) is 5.92 Å². The average Bonchev–Trinajstić information content (AvgIpc) is 3.12. The summed E-state index contributed by atoms with van der Waals surface area (Å²) in [6.07, 6.45) is 0.242. The van der Waals surface area contributed by atoms with Gasteiger partial charge in [0.05, 0.1) is 11.8 Å². The van der Waals surface area contributed by atoms with Gasteiger partial charge in [-0.05, 0) is 22.1 Å². The monoisotopic (exact) mass is 315 g/mol. The predicted octanol–water partition coefficient (Wildman–Crippen LogP) is 2.64. The summed E-state index contributed by atoms with van der Waals surface area (Å²) in [5.41, 5.74) is 2.40. The molecule has 116 valence electrons. The predicted molar refractivity (Wildman–Crippen MR) is 85.6 cm³/mol. The lowest BCUT2D eigenvalue weighted by Gasteiger charge is -2.28. The second-order valence-corrected chi connectivity index (χ2v) is 5.71. The molecule has 1 aromatic heterocycles. The highest BCUT2D eigenvalue weighted by Crippen LogP contribution is 2.42. The quantitative estimate of drug-likeness (QED) is 0.694. The zero-order valence-electron chi connectivity index (χ0n) is 12.7. The lowest BCUT2D eigenvalue weighted by atomic mass is 9.79. The van der Waals surface area contributed by atoms with Crippen LogP contribution < -0.4 is 0 Å². The van der Waals surface area contributed by atoms with E-state index in [1.807, 2.05) is 42.5 Å². The van der Waals surface area contributed by atoms with Gasteiger partial charge in [0.15, 0.2) is 11.6 Å². The normalized spacial score (nSPS) is 18.3. The van der Waals surface area contributed by atoms with Gasteiger partial charge < -0.3 is 0 Å². The molecular formula is C18H13N5O. The number of fused-ring (bicyclic) bond motifs is 3. The van der Waals surface area contributed by atoms with Crippen LogP contribution in [-0.4, -0.2) is 26.0 Å². The van der Waals surface area contributed by atoms with Crippen molar-refractivity contribution in [3.8, 4) is 11.8 Å². The van der Waals surface area contributed by atoms with E-state index in [0.717, 1.165) is 11.3 Å². The first-order valence-electron chi connectivity index (χ1n) is 7.65. The molecule has 0 bridgehead atoms. The minimum Gasteiger partial charge on any atom is -0.294 e. The molecule has 0 aliphatic carbocycles. The van der Waals surface area contributed by atoms with Crippen molar-refractivity contribution in [1.29, 1.82) is 5.26 Å². The van der Waals surface area contributed by atoms with E-state index in [2.05, 4.69) is 21.6 Å². The highest BCUT2D eigenvalue weighted by Gasteiger charge is 2.37. The van der Waals surface area contributed by atoms with Crippen molar-refractivity contribution in [3.63, 3.8) is 0 Å². The van der Waals surface area contributed by atoms with Gasteiger partial charge in [-0.3, -0.25) is 4.79 Å². The Hall–Kier alpha value is -3.33. The van der Waals surface area contributed by atoms with Gasteiger partial charge in [0.25, 0.3) is 0 Å². The van der Waals surface area contributed by atoms with E-state index in [4.69, 9.17) is 0 Å². The Bertz CT molecular complexity index is 941. The van der Waals surface area contributed by atoms with Gasteiger partial charge in [-0.1, -0.05) is 48.5 Å². The molecule has 2 aromatic carbocycles. The third kappa shape index (κ3) is 2.18. The first-order chi connectivity index (χ1) is 11.8. The molecule has 2 heterocycles. The number of nitriles is 1. The van der Waals surface area contributed by atoms with Crippen molar-refractivity contribution >= 4 is 5.78 Å². The van der Waals surface area contributed by atoms with Crippen LogP contribution in [0.5, 0.6) is 0 Å². The fourth-order valence-electron chi connectivity index (χ4n) is 3.23. The third-order valence-corrected chi connectivity index (χ3v) is 4.38. The number of carbonyl (C=O) groups excluding carboxylic acids is 1. The number of ketones is 1. The summed E-state index contributed by atoms with van der Waals surface area (Å²) in [6, 6.07) is 19.1. The molecule has 0 saturated carbocycles. The topological polar surface area (TPSA) is 84.5 Å². The SMILES string of the molecule is N#C[C@@H]1c2nnnn2-c2ccccc2[C@H]1CC(=O)c1ccccc1. The van der Waals surface area contributed by atoms with Crippen molar-refractivity contribution in [2.45, 2.75) is 18.3 Å². The van der Waals surface area contributed by atoms with Crippen LogP contribution in [-0.2, 0) is 0 Å². The summed E-state index contributed by atoms with van der Waals surface area (Å²) in [4.78, 5) is 12.7. The van der Waals surface area contributed by atoms with Crippen molar-refractivity contribution in [1.82, 2.24) is 20.2 Å². The summed E-state index contributed by atoms with van der Waals surface area (Å²) in [5.74, 6) is -0.321. The fraction of sp³-hybridized carbons (Fsp3) is 0.167. The molecule has 0 unspecified atom stereocenters. The van der Waals surface area contributed by atoms with E-state index < -0.39 is 5.92 Å². The molecule has 1 aliphatic heterocycles. The molecule has 6 heteroatoms. The van der Waals surface area contributed by atoms with E-state index in [1.54, 1.807) is 16.8 Å². The largest absolute Gasteiger partial charge is 0.294 e. The number of tetrazole rings is 1. The van der Waals surface area contributed by atoms with Gasteiger partial charge in [-0.25, -0.2) is 0 Å². The van der Waals surface area contributed by atoms with E-state index in [9.17, 15) is 10.1 Å². The summed E-state index contributed by atoms with van der Waals surface area (Å²) in [6.45, 7) is 0. The first-order valence-corrected chi connectivity index (χ1v) is 7.65. The maximum atomic E-state index is 12.7. The molecular weight excluding hydrogens is 302 g/mol. The number of carbonyl (C=O) groups is 1. The maximum Gasteiger partial charge on any atom is 0.174 e. The number of aromatic nitrogens is 4. The molecule has 4 rings (SSSR count). The summed E-state index contributed by atoms with van der Waals surface area (Å²) in [7, 11) is 0. The fourth-order valence-corrected chi connectivity index (χ4v) is 3.23. The van der Waals surface area contributed by atoms with Crippen molar-refractivity contribution in [2.24, 2.45) is 0 Å². The van der Waals surface area contributed by atoms with Gasteiger partial charge in [0.2, 0.25) is 0 Å². The molecule has 0 fully saturated rings. The minimum atomic E-state index is -0.553. The van der Waals surface area contributed by atoms with Crippen LogP contribution in [0.4, 0.5) is 0 Å². The van der Waals surface area contributed by atoms with Crippen LogP contribution in [0.3, 0.4) is 0 Å². The van der Waals surface area contributed by atoms with Crippen molar-refractivity contribution in [2.75, 3.05) is 0 Å². The Kier molecular flexibility index (Phi) is 3.39. The number of rotatable bonds is 3. The second-order valence-electron chi connectivity index (χ2n) is 5.71. The number of nitrogens with zero attached hydrogens (tertiary/aromatic N) is 5. The summed E-state index contributed by atoms with van der Waals surface area (Å²) >= 11 is 0. The standard InChI is InChI=1S/C18H13N5O/c19-11-15-14(10-17(24)12-6-2-1-3-7-12)13-8-4-5-9-16(13)23-18(15)20-21-22-23/h1-9,14-15H,10H2/t14-,15+/m1/s1. The Morgan fingerprint density at radius 3 is 2.67 bits per heavy atom. The number of para-hydroxylation sites is 1. The molecule has 0 N–H and O–H groups in total. The van der Waals surface area contributed by atoms with E-state index in [-0.39, 0.29) is 18.1 Å². The van der Waals surface area contributed by atoms with Crippen molar-refractivity contribution in [3.05, 3.63) is 71.5 Å². The van der Waals surface area contributed by atoms with Crippen LogP contribution in [0.1, 0.15) is 40.0 Å². The molecule has 0 radical (unpaired) electrons. The minimum absolute atomic E-state index is 0.0107. The summed E-state index contributed by atoms with van der Waals surface area (Å²) < 4.78 is 1.59. The van der Waals surface area contributed by atoms with Crippen LogP contribution in [0.15, 0.2) is 54.6 Å². The second kappa shape index (κ2) is 5.70. The van der Waals surface area contributed by atoms with Gasteiger partial charge >= 0.3 is 0 Å². The number of Topliss-reactive ketones (excluding diaryl/α,β-unsaturated/α-hetero) is 1. The lowest BCUT2D eigenvalue weighted by Crippen LogP contribution is -2.24. The Balaban J connectivity index is 1.77. The Morgan fingerprint density at radius 1 is 1.12 bits per heavy atom. The molecule has 0 amide bonds. The highest BCUT2D eigenvalue weighted by atomic mass is 16.1. The molecule has 3 aromatic rings. The number of hydrogen-bond acceptors (Lipinski definition) is 5. The van der Waals surface area contributed by atoms with Gasteiger partial charge in [0, 0.05) is 17.9 Å². The van der Waals surface area contributed by atoms with E-state index in [1.165, 1.54) is 0 Å². The zero-order valence-corrected chi connectivity index (χ0v) is 12.7. The molecule has 6 nitrogen and oxygen atoms in total. The van der Waals surface area contributed by atoms with Crippen LogP contribution in [0, 0.1) is 11.3 Å². The van der Waals surface area contributed by atoms with Crippen LogP contribution >= 0.6 is 0 Å². The first kappa shape index (κ1) is 14.3. The Morgan fingerprint density at radius 2 is 1.88 bits per heavy atom. The highest BCUT2D eigenvalue weighted by molar-refractivity contribution is 5.96. The van der Waals surface area contributed by atoms with Crippen molar-refractivity contribution < 1.29 is 4.79 Å².